The average Bonchev–Trinajstić information content (AvgIpc) is 2.77. The molecule has 31 heavy (non-hydrogen) atoms. The number of carbonyl (C=O) groups excluding carboxylic acids is 1. The summed E-state index contributed by atoms with van der Waals surface area (Å²) < 4.78 is 1.53. The summed E-state index contributed by atoms with van der Waals surface area (Å²) in [6.45, 7) is 4.64. The summed E-state index contributed by atoms with van der Waals surface area (Å²) in [5.41, 5.74) is 1.35. The molecule has 1 unspecified atom stereocenters. The highest BCUT2D eigenvalue weighted by molar-refractivity contribution is 6.31. The van der Waals surface area contributed by atoms with E-state index in [2.05, 4.69) is 6.92 Å². The molecule has 1 heterocycles. The van der Waals surface area contributed by atoms with Crippen molar-refractivity contribution in [3.63, 3.8) is 0 Å². The second-order valence-electron chi connectivity index (χ2n) is 7.65. The van der Waals surface area contributed by atoms with Gasteiger partial charge in [-0.2, -0.15) is 0 Å². The third kappa shape index (κ3) is 5.42. The van der Waals surface area contributed by atoms with Crippen LogP contribution in [-0.2, 0) is 11.8 Å². The molecule has 0 aliphatic rings. The van der Waals surface area contributed by atoms with E-state index in [0.29, 0.717) is 28.3 Å². The van der Waals surface area contributed by atoms with E-state index in [4.69, 9.17) is 16.6 Å². The van der Waals surface area contributed by atoms with E-state index in [1.807, 2.05) is 43.3 Å². The molecule has 1 amide bonds. The first-order chi connectivity index (χ1) is 14.9. The Morgan fingerprint density at radius 2 is 1.94 bits per heavy atom. The lowest BCUT2D eigenvalue weighted by molar-refractivity contribution is -0.128. The van der Waals surface area contributed by atoms with Crippen molar-refractivity contribution < 1.29 is 4.79 Å². The van der Waals surface area contributed by atoms with E-state index in [-0.39, 0.29) is 17.5 Å². The van der Waals surface area contributed by atoms with E-state index in [9.17, 15) is 9.59 Å². The second-order valence-corrected chi connectivity index (χ2v) is 8.09. The van der Waals surface area contributed by atoms with Gasteiger partial charge in [0, 0.05) is 24.7 Å². The quantitative estimate of drug-likeness (QED) is 0.351. The Balaban J connectivity index is 1.96. The summed E-state index contributed by atoms with van der Waals surface area (Å²) in [5, 5.41) is 1.03. The van der Waals surface area contributed by atoms with Crippen LogP contribution in [0.15, 0.2) is 59.4 Å². The van der Waals surface area contributed by atoms with Crippen molar-refractivity contribution >= 4 is 34.5 Å². The molecular formula is C25H28ClN3O2. The topological polar surface area (TPSA) is 55.2 Å². The van der Waals surface area contributed by atoms with Crippen LogP contribution in [-0.4, -0.2) is 26.9 Å². The van der Waals surface area contributed by atoms with Crippen molar-refractivity contribution in [2.24, 2.45) is 7.05 Å². The zero-order valence-electron chi connectivity index (χ0n) is 18.2. The van der Waals surface area contributed by atoms with Crippen LogP contribution in [0, 0.1) is 0 Å². The number of hydrogen-bond acceptors (Lipinski definition) is 3. The Hall–Kier alpha value is -2.92. The van der Waals surface area contributed by atoms with Gasteiger partial charge in [-0.05, 0) is 43.2 Å². The summed E-state index contributed by atoms with van der Waals surface area (Å²) in [7, 11) is 1.70. The molecule has 5 nitrogen and oxygen atoms in total. The number of fused-ring (bicyclic) bond motifs is 1. The smallest absolute Gasteiger partial charge is 0.261 e. The van der Waals surface area contributed by atoms with Gasteiger partial charge in [-0.15, -0.1) is 0 Å². The van der Waals surface area contributed by atoms with Gasteiger partial charge in [0.15, 0.2) is 0 Å². The van der Waals surface area contributed by atoms with Crippen LogP contribution in [0.1, 0.15) is 50.5 Å². The Morgan fingerprint density at radius 3 is 2.65 bits per heavy atom. The van der Waals surface area contributed by atoms with Crippen molar-refractivity contribution in [1.29, 1.82) is 0 Å². The maximum absolute atomic E-state index is 13.1. The number of halogens is 1. The van der Waals surface area contributed by atoms with E-state index >= 15 is 0 Å². The fraction of sp³-hybridized carbons (Fsp3) is 0.320. The molecule has 0 N–H and O–H groups in total. The predicted molar refractivity (Wildman–Crippen MR) is 127 cm³/mol. The number of aromatic nitrogens is 2. The maximum atomic E-state index is 13.1. The largest absolute Gasteiger partial charge is 0.329 e. The molecule has 162 valence electrons. The van der Waals surface area contributed by atoms with Crippen LogP contribution < -0.4 is 5.56 Å². The first kappa shape index (κ1) is 22.8. The summed E-state index contributed by atoms with van der Waals surface area (Å²) in [6.07, 6.45) is 6.38. The summed E-state index contributed by atoms with van der Waals surface area (Å²) >= 11 is 6.12. The van der Waals surface area contributed by atoms with Gasteiger partial charge in [-0.3, -0.25) is 14.2 Å². The third-order valence-corrected chi connectivity index (χ3v) is 5.65. The zero-order valence-corrected chi connectivity index (χ0v) is 19.0. The van der Waals surface area contributed by atoms with E-state index in [1.54, 1.807) is 36.2 Å². The minimum absolute atomic E-state index is 0.104. The molecule has 0 aliphatic carbocycles. The van der Waals surface area contributed by atoms with Crippen molar-refractivity contribution in [2.75, 3.05) is 6.54 Å². The van der Waals surface area contributed by atoms with Crippen LogP contribution in [0.25, 0.3) is 17.0 Å². The van der Waals surface area contributed by atoms with Crippen LogP contribution in [0.4, 0.5) is 0 Å². The molecule has 0 fully saturated rings. The van der Waals surface area contributed by atoms with E-state index < -0.39 is 0 Å². The number of nitrogens with zero attached hydrogens (tertiary/aromatic N) is 3. The minimum Gasteiger partial charge on any atom is -0.329 e. The molecule has 2 aromatic carbocycles. The number of rotatable bonds is 8. The SMILES string of the molecule is CCCCCN(C(=O)/C=C/c1ccccc1)C(C)c1nc2cc(Cl)ccc2c(=O)n1C. The van der Waals surface area contributed by atoms with Gasteiger partial charge in [0.2, 0.25) is 5.91 Å². The first-order valence-electron chi connectivity index (χ1n) is 10.6. The van der Waals surface area contributed by atoms with Gasteiger partial charge >= 0.3 is 0 Å². The lowest BCUT2D eigenvalue weighted by Gasteiger charge is -2.29. The predicted octanol–water partition coefficient (Wildman–Crippen LogP) is 5.38. The molecule has 3 aromatic rings. The van der Waals surface area contributed by atoms with Crippen LogP contribution >= 0.6 is 11.6 Å². The van der Waals surface area contributed by atoms with Gasteiger partial charge in [0.25, 0.3) is 5.56 Å². The molecule has 1 atom stereocenters. The Bertz CT molecular complexity index is 1140. The van der Waals surface area contributed by atoms with Crippen LogP contribution in [0.2, 0.25) is 5.02 Å². The Labute approximate surface area is 188 Å². The Kier molecular flexibility index (Phi) is 7.64. The number of hydrogen-bond donors (Lipinski definition) is 0. The molecule has 0 bridgehead atoms. The average molecular weight is 438 g/mol. The Morgan fingerprint density at radius 1 is 1.19 bits per heavy atom. The number of carbonyl (C=O) groups is 1. The monoisotopic (exact) mass is 437 g/mol. The standard InChI is InChI=1S/C25H28ClN3O2/c1-4-5-9-16-29(23(30)15-12-19-10-7-6-8-11-19)18(2)24-27-22-17-20(26)13-14-21(22)25(31)28(24)3/h6-8,10-15,17-18H,4-5,9,16H2,1-3H3/b15-12+. The van der Waals surface area contributed by atoms with Crippen molar-refractivity contribution in [1.82, 2.24) is 14.5 Å². The molecule has 6 heteroatoms. The summed E-state index contributed by atoms with van der Waals surface area (Å²) in [5.74, 6) is 0.436. The van der Waals surface area contributed by atoms with Gasteiger partial charge < -0.3 is 4.90 Å². The summed E-state index contributed by atoms with van der Waals surface area (Å²) in [4.78, 5) is 32.5. The molecule has 1 aromatic heterocycles. The van der Waals surface area contributed by atoms with Crippen molar-refractivity contribution in [3.05, 3.63) is 81.4 Å². The molecule has 0 saturated carbocycles. The summed E-state index contributed by atoms with van der Waals surface area (Å²) in [6, 6.07) is 14.4. The molecule has 0 spiro atoms. The van der Waals surface area contributed by atoms with E-state index in [1.165, 1.54) is 4.57 Å². The van der Waals surface area contributed by atoms with Crippen molar-refractivity contribution in [3.8, 4) is 0 Å². The molecule has 0 saturated heterocycles. The highest BCUT2D eigenvalue weighted by atomic mass is 35.5. The number of unbranched alkanes of at least 4 members (excludes halogenated alkanes) is 2. The third-order valence-electron chi connectivity index (χ3n) is 5.42. The van der Waals surface area contributed by atoms with E-state index in [0.717, 1.165) is 24.8 Å². The lowest BCUT2D eigenvalue weighted by Crippen LogP contribution is -2.37. The van der Waals surface area contributed by atoms with Gasteiger partial charge in [-0.25, -0.2) is 4.98 Å². The van der Waals surface area contributed by atoms with Crippen LogP contribution in [0.5, 0.6) is 0 Å². The maximum Gasteiger partial charge on any atom is 0.261 e. The molecule has 0 aliphatic heterocycles. The van der Waals surface area contributed by atoms with Crippen LogP contribution in [0.3, 0.4) is 0 Å². The van der Waals surface area contributed by atoms with Crippen molar-refractivity contribution in [2.45, 2.75) is 39.2 Å². The fourth-order valence-electron chi connectivity index (χ4n) is 3.63. The molecular weight excluding hydrogens is 410 g/mol. The first-order valence-corrected chi connectivity index (χ1v) is 11.0. The fourth-order valence-corrected chi connectivity index (χ4v) is 3.79. The van der Waals surface area contributed by atoms with Gasteiger partial charge in [0.1, 0.15) is 5.82 Å². The number of amides is 1. The zero-order chi connectivity index (χ0) is 22.4. The van der Waals surface area contributed by atoms with Gasteiger partial charge in [0.05, 0.1) is 16.9 Å². The second kappa shape index (κ2) is 10.4. The molecule has 0 radical (unpaired) electrons. The highest BCUT2D eigenvalue weighted by Gasteiger charge is 2.24. The normalized spacial score (nSPS) is 12.4. The minimum atomic E-state index is -0.370. The molecule has 3 rings (SSSR count). The lowest BCUT2D eigenvalue weighted by atomic mass is 10.1. The highest BCUT2D eigenvalue weighted by Crippen LogP contribution is 2.22. The number of benzene rings is 2. The van der Waals surface area contributed by atoms with Gasteiger partial charge in [-0.1, -0.05) is 61.7 Å².